The fourth-order valence-electron chi connectivity index (χ4n) is 2.14. The smallest absolute Gasteiger partial charge is 0.251 e. The zero-order valence-electron chi connectivity index (χ0n) is 15.2. The normalized spacial score (nSPS) is 11.4. The van der Waals surface area contributed by atoms with Gasteiger partial charge in [-0.3, -0.25) is 9.78 Å². The van der Waals surface area contributed by atoms with Crippen LogP contribution in [0.2, 0.25) is 0 Å². The molecule has 0 unspecified atom stereocenters. The molecule has 1 amide bonds. The number of nitriles is 1. The maximum Gasteiger partial charge on any atom is 0.251 e. The molecule has 0 fully saturated rings. The first-order chi connectivity index (χ1) is 12.9. The Hall–Kier alpha value is -2.92. The lowest BCUT2D eigenvalue weighted by Gasteiger charge is -2.26. The molecule has 0 radical (unpaired) electrons. The molecular weight excluding hydrogens is 408 g/mol. The van der Waals surface area contributed by atoms with Crippen molar-refractivity contribution in [2.45, 2.75) is 13.8 Å². The van der Waals surface area contributed by atoms with Crippen LogP contribution in [0.5, 0.6) is 0 Å². The fraction of sp³-hybridized carbons (Fsp3) is 0.263. The van der Waals surface area contributed by atoms with Crippen LogP contribution >= 0.6 is 15.9 Å². The average molecular weight is 429 g/mol. The Morgan fingerprint density at radius 1 is 1.22 bits per heavy atom. The lowest BCUT2D eigenvalue weighted by atomic mass is 9.93. The number of anilines is 1. The first-order valence-electron chi connectivity index (χ1n) is 8.31. The van der Waals surface area contributed by atoms with Gasteiger partial charge in [-0.1, -0.05) is 29.8 Å². The van der Waals surface area contributed by atoms with Gasteiger partial charge in [-0.2, -0.15) is 5.26 Å². The van der Waals surface area contributed by atoms with E-state index in [1.54, 1.807) is 36.8 Å². The molecule has 0 bridgehead atoms. The molecule has 27 heavy (non-hydrogen) atoms. The minimum atomic E-state index is -0.266. The highest BCUT2D eigenvalue weighted by atomic mass is 79.9. The van der Waals surface area contributed by atoms with E-state index >= 15 is 0 Å². The Kier molecular flexibility index (Phi) is 7.32. The van der Waals surface area contributed by atoms with E-state index in [0.717, 1.165) is 10.2 Å². The summed E-state index contributed by atoms with van der Waals surface area (Å²) in [7, 11) is 0. The second-order valence-corrected chi connectivity index (χ2v) is 7.55. The summed E-state index contributed by atoms with van der Waals surface area (Å²) in [4.78, 5) is 20.0. The number of guanidine groups is 1. The number of rotatable bonds is 6. The molecule has 0 saturated carbocycles. The molecule has 0 atom stereocenters. The van der Waals surface area contributed by atoms with E-state index in [9.17, 15) is 4.79 Å². The van der Waals surface area contributed by atoms with Crippen LogP contribution in [-0.4, -0.2) is 29.9 Å². The fourth-order valence-corrected chi connectivity index (χ4v) is 2.41. The Bertz CT molecular complexity index is 828. The highest BCUT2D eigenvalue weighted by Crippen LogP contribution is 2.14. The standard InChI is InChI=1S/C19H21BrN6O/c1-19(2,11-23-17(27)14-5-7-15(20)8-6-14)12-24-18(25-13-21)26-16-4-3-9-22-10-16/h3-10H,11-12H2,1-2H3,(H,23,27)(H2,24,25,26). The second-order valence-electron chi connectivity index (χ2n) is 6.63. The van der Waals surface area contributed by atoms with Gasteiger partial charge in [0.15, 0.2) is 0 Å². The molecule has 1 aromatic carbocycles. The SMILES string of the molecule is CC(C)(CNC(=O)c1ccc(Br)cc1)CNC(=NC#N)Nc1cccnc1. The van der Waals surface area contributed by atoms with E-state index in [4.69, 9.17) is 5.26 Å². The third-order valence-corrected chi connectivity index (χ3v) is 4.18. The van der Waals surface area contributed by atoms with Gasteiger partial charge in [0.25, 0.3) is 5.91 Å². The highest BCUT2D eigenvalue weighted by Gasteiger charge is 2.20. The second kappa shape index (κ2) is 9.69. The Balaban J connectivity index is 1.88. The summed E-state index contributed by atoms with van der Waals surface area (Å²) in [6.07, 6.45) is 5.07. The Labute approximate surface area is 167 Å². The van der Waals surface area contributed by atoms with Crippen LogP contribution in [0.1, 0.15) is 24.2 Å². The maximum absolute atomic E-state index is 12.3. The summed E-state index contributed by atoms with van der Waals surface area (Å²) < 4.78 is 0.925. The van der Waals surface area contributed by atoms with Gasteiger partial charge in [-0.05, 0) is 41.8 Å². The Morgan fingerprint density at radius 2 is 1.93 bits per heavy atom. The molecular formula is C19H21BrN6O. The minimum absolute atomic E-state index is 0.130. The van der Waals surface area contributed by atoms with Gasteiger partial charge >= 0.3 is 0 Å². The maximum atomic E-state index is 12.3. The summed E-state index contributed by atoms with van der Waals surface area (Å²) in [6, 6.07) is 10.8. The first-order valence-corrected chi connectivity index (χ1v) is 9.10. The van der Waals surface area contributed by atoms with Gasteiger partial charge < -0.3 is 16.0 Å². The van der Waals surface area contributed by atoms with Crippen molar-refractivity contribution in [1.82, 2.24) is 15.6 Å². The molecule has 0 aliphatic carbocycles. The molecule has 140 valence electrons. The molecule has 0 spiro atoms. The number of benzene rings is 1. The number of amides is 1. The van der Waals surface area contributed by atoms with Crippen molar-refractivity contribution in [2.24, 2.45) is 10.4 Å². The van der Waals surface area contributed by atoms with Crippen LogP contribution in [0.15, 0.2) is 58.3 Å². The third kappa shape index (κ3) is 7.07. The van der Waals surface area contributed by atoms with Crippen LogP contribution in [0.3, 0.4) is 0 Å². The number of aliphatic imine (C=N–C) groups is 1. The predicted octanol–water partition coefficient (Wildman–Crippen LogP) is 3.14. The van der Waals surface area contributed by atoms with E-state index in [0.29, 0.717) is 24.6 Å². The summed E-state index contributed by atoms with van der Waals surface area (Å²) in [6.45, 7) is 4.98. The number of aromatic nitrogens is 1. The number of nitrogens with zero attached hydrogens (tertiary/aromatic N) is 3. The van der Waals surface area contributed by atoms with Crippen LogP contribution in [0.4, 0.5) is 5.69 Å². The van der Waals surface area contributed by atoms with E-state index in [1.165, 1.54) is 0 Å². The number of carbonyl (C=O) groups is 1. The zero-order valence-corrected chi connectivity index (χ0v) is 16.7. The van der Waals surface area contributed by atoms with Gasteiger partial charge in [0.05, 0.1) is 11.9 Å². The van der Waals surface area contributed by atoms with Gasteiger partial charge in [0, 0.05) is 29.3 Å². The van der Waals surface area contributed by atoms with Crippen molar-refractivity contribution in [1.29, 1.82) is 5.26 Å². The quantitative estimate of drug-likeness (QED) is 0.372. The molecule has 2 rings (SSSR count). The largest absolute Gasteiger partial charge is 0.355 e. The van der Waals surface area contributed by atoms with Crippen molar-refractivity contribution >= 4 is 33.5 Å². The van der Waals surface area contributed by atoms with Crippen LogP contribution in [-0.2, 0) is 0 Å². The molecule has 0 aliphatic rings. The van der Waals surface area contributed by atoms with E-state index in [-0.39, 0.29) is 11.3 Å². The van der Waals surface area contributed by atoms with Gasteiger partial charge in [-0.15, -0.1) is 4.99 Å². The predicted molar refractivity (Wildman–Crippen MR) is 109 cm³/mol. The number of hydrogen-bond donors (Lipinski definition) is 3. The highest BCUT2D eigenvalue weighted by molar-refractivity contribution is 9.10. The van der Waals surface area contributed by atoms with Crippen molar-refractivity contribution in [3.05, 3.63) is 58.8 Å². The summed E-state index contributed by atoms with van der Waals surface area (Å²) in [5.74, 6) is 0.202. The third-order valence-electron chi connectivity index (χ3n) is 3.65. The van der Waals surface area contributed by atoms with E-state index in [2.05, 4.69) is 41.9 Å². The summed E-state index contributed by atoms with van der Waals surface area (Å²) in [5.41, 5.74) is 1.06. The lowest BCUT2D eigenvalue weighted by Crippen LogP contribution is -2.43. The van der Waals surface area contributed by atoms with Crippen LogP contribution in [0.25, 0.3) is 0 Å². The molecule has 8 heteroatoms. The topological polar surface area (TPSA) is 102 Å². The number of carbonyl (C=O) groups excluding carboxylic acids is 1. The van der Waals surface area contributed by atoms with Crippen molar-refractivity contribution < 1.29 is 4.79 Å². The first kappa shape index (κ1) is 20.4. The van der Waals surface area contributed by atoms with Crippen molar-refractivity contribution in [3.63, 3.8) is 0 Å². The monoisotopic (exact) mass is 428 g/mol. The van der Waals surface area contributed by atoms with E-state index in [1.807, 2.05) is 32.0 Å². The van der Waals surface area contributed by atoms with E-state index < -0.39 is 0 Å². The van der Waals surface area contributed by atoms with Crippen LogP contribution < -0.4 is 16.0 Å². The van der Waals surface area contributed by atoms with Crippen LogP contribution in [0, 0.1) is 16.9 Å². The van der Waals surface area contributed by atoms with Gasteiger partial charge in [0.2, 0.25) is 12.2 Å². The number of pyridine rings is 1. The molecule has 3 N–H and O–H groups in total. The van der Waals surface area contributed by atoms with Gasteiger partial charge in [-0.25, -0.2) is 0 Å². The molecule has 1 heterocycles. The molecule has 2 aromatic rings. The molecule has 0 aliphatic heterocycles. The number of hydrogen-bond acceptors (Lipinski definition) is 4. The molecule has 0 saturated heterocycles. The number of halogens is 1. The minimum Gasteiger partial charge on any atom is -0.355 e. The summed E-state index contributed by atoms with van der Waals surface area (Å²) in [5, 5.41) is 17.9. The Morgan fingerprint density at radius 3 is 2.56 bits per heavy atom. The van der Waals surface area contributed by atoms with Crippen molar-refractivity contribution in [2.75, 3.05) is 18.4 Å². The van der Waals surface area contributed by atoms with Crippen molar-refractivity contribution in [3.8, 4) is 6.19 Å². The lowest BCUT2D eigenvalue weighted by molar-refractivity contribution is 0.0937. The average Bonchev–Trinajstić information content (AvgIpc) is 2.66. The van der Waals surface area contributed by atoms with Gasteiger partial charge in [0.1, 0.15) is 0 Å². The molecule has 7 nitrogen and oxygen atoms in total. The number of nitrogens with one attached hydrogen (secondary N) is 3. The zero-order chi connectivity index (χ0) is 19.7. The molecule has 1 aromatic heterocycles. The summed E-state index contributed by atoms with van der Waals surface area (Å²) >= 11 is 3.35.